The monoisotopic (exact) mass is 361 g/mol. The molecule has 6 heteroatoms. The Hall–Kier alpha value is -3.41. The van der Waals surface area contributed by atoms with Crippen molar-refractivity contribution in [2.45, 2.75) is 26.3 Å². The van der Waals surface area contributed by atoms with Gasteiger partial charge in [-0.15, -0.1) is 0 Å². The second-order valence-corrected chi connectivity index (χ2v) is 6.33. The number of carbonyl (C=O) groups excluding carboxylic acids is 1. The van der Waals surface area contributed by atoms with E-state index in [1.54, 1.807) is 31.4 Å². The van der Waals surface area contributed by atoms with Gasteiger partial charge in [0.1, 0.15) is 5.69 Å². The van der Waals surface area contributed by atoms with Crippen molar-refractivity contribution in [2.24, 2.45) is 0 Å². The Labute approximate surface area is 156 Å². The zero-order valence-corrected chi connectivity index (χ0v) is 15.1. The highest BCUT2D eigenvalue weighted by Gasteiger charge is 2.22. The van der Waals surface area contributed by atoms with Crippen LogP contribution < -0.4 is 5.32 Å². The van der Waals surface area contributed by atoms with Gasteiger partial charge in [-0.2, -0.15) is 0 Å². The molecule has 0 aliphatic rings. The standard InChI is InChI=1S/C21H19N3O3/c1-3-16(14-8-5-4-6-9-14)22-20(25)15-12-17(18-10-7-11-26-18)23-21-19(15)13(2)24-27-21/h4-12,16H,3H2,1-2H3,(H,22,25)/t16-/m1/s1. The minimum absolute atomic E-state index is 0.0888. The van der Waals surface area contributed by atoms with E-state index in [0.717, 1.165) is 12.0 Å². The van der Waals surface area contributed by atoms with E-state index >= 15 is 0 Å². The Bertz CT molecular complexity index is 1070. The van der Waals surface area contributed by atoms with Crippen LogP contribution in [-0.4, -0.2) is 16.0 Å². The van der Waals surface area contributed by atoms with E-state index < -0.39 is 0 Å². The lowest BCUT2D eigenvalue weighted by molar-refractivity contribution is 0.0937. The van der Waals surface area contributed by atoms with Crippen LogP contribution in [-0.2, 0) is 0 Å². The van der Waals surface area contributed by atoms with Gasteiger partial charge in [-0.3, -0.25) is 4.79 Å². The molecule has 0 fully saturated rings. The van der Waals surface area contributed by atoms with Crippen molar-refractivity contribution in [3.63, 3.8) is 0 Å². The molecule has 1 aromatic carbocycles. The van der Waals surface area contributed by atoms with E-state index in [2.05, 4.69) is 15.5 Å². The van der Waals surface area contributed by atoms with Crippen LogP contribution >= 0.6 is 0 Å². The maximum atomic E-state index is 13.1. The second-order valence-electron chi connectivity index (χ2n) is 6.33. The Morgan fingerprint density at radius 1 is 1.19 bits per heavy atom. The number of amides is 1. The number of fused-ring (bicyclic) bond motifs is 1. The molecule has 6 nitrogen and oxygen atoms in total. The molecule has 1 atom stereocenters. The summed E-state index contributed by atoms with van der Waals surface area (Å²) < 4.78 is 10.7. The molecule has 27 heavy (non-hydrogen) atoms. The first kappa shape index (κ1) is 17.0. The quantitative estimate of drug-likeness (QED) is 0.558. The topological polar surface area (TPSA) is 81.2 Å². The van der Waals surface area contributed by atoms with Gasteiger partial charge in [-0.05, 0) is 37.1 Å². The molecule has 1 N–H and O–H groups in total. The summed E-state index contributed by atoms with van der Waals surface area (Å²) in [6.45, 7) is 3.84. The summed E-state index contributed by atoms with van der Waals surface area (Å²) in [7, 11) is 0. The molecule has 0 bridgehead atoms. The van der Waals surface area contributed by atoms with Crippen LogP contribution in [0.5, 0.6) is 0 Å². The number of aromatic nitrogens is 2. The maximum absolute atomic E-state index is 13.1. The van der Waals surface area contributed by atoms with E-state index in [1.807, 2.05) is 37.3 Å². The molecular formula is C21H19N3O3. The van der Waals surface area contributed by atoms with E-state index in [1.165, 1.54) is 0 Å². The van der Waals surface area contributed by atoms with Gasteiger partial charge in [0.2, 0.25) is 0 Å². The summed E-state index contributed by atoms with van der Waals surface area (Å²) in [5.74, 6) is 0.368. The molecule has 3 heterocycles. The first-order valence-corrected chi connectivity index (χ1v) is 8.84. The third-order valence-electron chi connectivity index (χ3n) is 4.55. The fourth-order valence-electron chi connectivity index (χ4n) is 3.17. The number of rotatable bonds is 5. The van der Waals surface area contributed by atoms with Gasteiger partial charge in [-0.25, -0.2) is 4.98 Å². The molecule has 3 aromatic heterocycles. The normalized spacial score (nSPS) is 12.2. The van der Waals surface area contributed by atoms with Crippen LogP contribution in [0.3, 0.4) is 0 Å². The maximum Gasteiger partial charge on any atom is 0.259 e. The van der Waals surface area contributed by atoms with Crippen molar-refractivity contribution in [3.05, 3.63) is 71.6 Å². The second kappa shape index (κ2) is 7.07. The molecule has 4 aromatic rings. The van der Waals surface area contributed by atoms with Crippen LogP contribution in [0, 0.1) is 6.92 Å². The number of nitrogens with one attached hydrogen (secondary N) is 1. The number of hydrogen-bond donors (Lipinski definition) is 1. The number of carbonyl (C=O) groups is 1. The van der Waals surface area contributed by atoms with Crippen molar-refractivity contribution in [3.8, 4) is 11.5 Å². The summed E-state index contributed by atoms with van der Waals surface area (Å²) in [6.07, 6.45) is 2.34. The fraction of sp³-hybridized carbons (Fsp3) is 0.190. The Morgan fingerprint density at radius 3 is 2.70 bits per heavy atom. The summed E-state index contributed by atoms with van der Waals surface area (Å²) in [4.78, 5) is 17.6. The van der Waals surface area contributed by atoms with Gasteiger partial charge in [0, 0.05) is 0 Å². The predicted molar refractivity (Wildman–Crippen MR) is 101 cm³/mol. The van der Waals surface area contributed by atoms with Crippen LogP contribution in [0.1, 0.15) is 41.0 Å². The van der Waals surface area contributed by atoms with Gasteiger partial charge in [-0.1, -0.05) is 42.4 Å². The lowest BCUT2D eigenvalue weighted by Gasteiger charge is -2.18. The van der Waals surface area contributed by atoms with Crippen LogP contribution in [0.25, 0.3) is 22.6 Å². The lowest BCUT2D eigenvalue weighted by Crippen LogP contribution is -2.28. The molecule has 136 valence electrons. The molecule has 0 unspecified atom stereocenters. The van der Waals surface area contributed by atoms with Gasteiger partial charge >= 0.3 is 0 Å². The fourth-order valence-corrected chi connectivity index (χ4v) is 3.17. The van der Waals surface area contributed by atoms with E-state index in [0.29, 0.717) is 33.8 Å². The molecule has 0 aliphatic carbocycles. The Morgan fingerprint density at radius 2 is 2.00 bits per heavy atom. The lowest BCUT2D eigenvalue weighted by atomic mass is 10.0. The molecule has 0 aliphatic heterocycles. The first-order chi connectivity index (χ1) is 13.2. The highest BCUT2D eigenvalue weighted by molar-refractivity contribution is 6.07. The van der Waals surface area contributed by atoms with Crippen molar-refractivity contribution >= 4 is 17.0 Å². The average Bonchev–Trinajstić information content (AvgIpc) is 3.36. The summed E-state index contributed by atoms with van der Waals surface area (Å²) >= 11 is 0. The van der Waals surface area contributed by atoms with Crippen molar-refractivity contribution in [1.82, 2.24) is 15.5 Å². The highest BCUT2D eigenvalue weighted by atomic mass is 16.5. The number of aryl methyl sites for hydroxylation is 1. The van der Waals surface area contributed by atoms with E-state index in [-0.39, 0.29) is 11.9 Å². The zero-order chi connectivity index (χ0) is 18.8. The molecule has 1 amide bonds. The number of furan rings is 1. The first-order valence-electron chi connectivity index (χ1n) is 8.84. The molecular weight excluding hydrogens is 342 g/mol. The summed E-state index contributed by atoms with van der Waals surface area (Å²) in [5, 5.41) is 7.70. The third kappa shape index (κ3) is 3.21. The number of hydrogen-bond acceptors (Lipinski definition) is 5. The van der Waals surface area contributed by atoms with Crippen LogP contribution in [0.2, 0.25) is 0 Å². The average molecular weight is 361 g/mol. The van der Waals surface area contributed by atoms with Crippen molar-refractivity contribution < 1.29 is 13.7 Å². The molecule has 0 spiro atoms. The number of benzene rings is 1. The predicted octanol–water partition coefficient (Wildman–Crippen LogP) is 4.67. The van der Waals surface area contributed by atoms with E-state index in [9.17, 15) is 4.79 Å². The minimum atomic E-state index is -0.197. The van der Waals surface area contributed by atoms with Gasteiger partial charge in [0.15, 0.2) is 5.76 Å². The van der Waals surface area contributed by atoms with Crippen molar-refractivity contribution in [1.29, 1.82) is 0 Å². The highest BCUT2D eigenvalue weighted by Crippen LogP contribution is 2.28. The third-order valence-corrected chi connectivity index (χ3v) is 4.55. The van der Waals surface area contributed by atoms with Gasteiger partial charge in [0.25, 0.3) is 11.6 Å². The largest absolute Gasteiger partial charge is 0.463 e. The van der Waals surface area contributed by atoms with Crippen molar-refractivity contribution in [2.75, 3.05) is 0 Å². The Kier molecular flexibility index (Phi) is 4.46. The summed E-state index contributed by atoms with van der Waals surface area (Å²) in [6, 6.07) is 15.1. The molecule has 0 saturated heterocycles. The van der Waals surface area contributed by atoms with Gasteiger partial charge in [0.05, 0.1) is 28.9 Å². The number of nitrogens with zero attached hydrogens (tertiary/aromatic N) is 2. The van der Waals surface area contributed by atoms with Crippen LogP contribution in [0.4, 0.5) is 0 Å². The number of pyridine rings is 1. The zero-order valence-electron chi connectivity index (χ0n) is 15.1. The SMILES string of the molecule is CC[C@@H](NC(=O)c1cc(-c2ccco2)nc2onc(C)c12)c1ccccc1. The Balaban J connectivity index is 1.75. The summed E-state index contributed by atoms with van der Waals surface area (Å²) in [5.41, 5.74) is 3.01. The van der Waals surface area contributed by atoms with Gasteiger partial charge < -0.3 is 14.3 Å². The van der Waals surface area contributed by atoms with Crippen LogP contribution in [0.15, 0.2) is 63.7 Å². The molecule has 4 rings (SSSR count). The van der Waals surface area contributed by atoms with E-state index in [4.69, 9.17) is 8.94 Å². The molecule has 0 radical (unpaired) electrons. The smallest absolute Gasteiger partial charge is 0.259 e. The molecule has 0 saturated carbocycles. The minimum Gasteiger partial charge on any atom is -0.463 e.